The summed E-state index contributed by atoms with van der Waals surface area (Å²) in [7, 11) is 0. The molecular weight excluding hydrogens is 188 g/mol. The zero-order chi connectivity index (χ0) is 10.3. The van der Waals surface area contributed by atoms with Gasteiger partial charge in [0.2, 0.25) is 0 Å². The fourth-order valence-electron chi connectivity index (χ4n) is 2.76. The van der Waals surface area contributed by atoms with E-state index in [0.717, 1.165) is 25.5 Å². The Morgan fingerprint density at radius 1 is 1.33 bits per heavy atom. The van der Waals surface area contributed by atoms with Gasteiger partial charge in [-0.1, -0.05) is 24.3 Å². The maximum Gasteiger partial charge on any atom is 0.126 e. The summed E-state index contributed by atoms with van der Waals surface area (Å²) in [5.41, 5.74) is 2.59. The lowest BCUT2D eigenvalue weighted by Gasteiger charge is -2.16. The van der Waals surface area contributed by atoms with E-state index in [1.165, 1.54) is 11.1 Å². The predicted octanol–water partition coefficient (Wildman–Crippen LogP) is 2.28. The van der Waals surface area contributed by atoms with Crippen LogP contribution in [0.4, 0.5) is 0 Å². The molecule has 2 bridgehead atoms. The van der Waals surface area contributed by atoms with Crippen LogP contribution in [0, 0.1) is 5.92 Å². The van der Waals surface area contributed by atoms with Crippen LogP contribution in [0.15, 0.2) is 24.3 Å². The fourth-order valence-corrected chi connectivity index (χ4v) is 2.76. The zero-order valence-corrected chi connectivity index (χ0v) is 8.56. The summed E-state index contributed by atoms with van der Waals surface area (Å²) in [6, 6.07) is 8.35. The SMILES string of the molecule is O=CC1C[C@H]2CCc3ccccc3[C@@H]1O2. The second-order valence-electron chi connectivity index (χ2n) is 4.45. The molecule has 2 nitrogen and oxygen atoms in total. The molecule has 0 radical (unpaired) electrons. The first kappa shape index (κ1) is 9.10. The van der Waals surface area contributed by atoms with E-state index in [9.17, 15) is 4.79 Å². The van der Waals surface area contributed by atoms with E-state index in [2.05, 4.69) is 18.2 Å². The molecule has 2 heteroatoms. The third-order valence-electron chi connectivity index (χ3n) is 3.54. The molecule has 0 amide bonds. The molecular formula is C13H14O2. The molecule has 15 heavy (non-hydrogen) atoms. The standard InChI is InChI=1S/C13H14O2/c14-8-10-7-11-6-5-9-3-1-2-4-12(9)13(10)15-11/h1-4,8,10-11,13H,5-7H2/t10?,11-,13-/m1/s1. The fraction of sp³-hybridized carbons (Fsp3) is 0.462. The number of aldehydes is 1. The third kappa shape index (κ3) is 1.40. The van der Waals surface area contributed by atoms with Crippen LogP contribution < -0.4 is 0 Å². The van der Waals surface area contributed by atoms with Crippen LogP contribution in [-0.2, 0) is 16.0 Å². The number of carbonyl (C=O) groups is 1. The molecule has 0 spiro atoms. The summed E-state index contributed by atoms with van der Waals surface area (Å²) < 4.78 is 5.92. The predicted molar refractivity (Wildman–Crippen MR) is 56.5 cm³/mol. The van der Waals surface area contributed by atoms with Crippen molar-refractivity contribution in [2.75, 3.05) is 0 Å². The van der Waals surface area contributed by atoms with Crippen LogP contribution >= 0.6 is 0 Å². The number of benzene rings is 1. The minimum atomic E-state index is 0.0196. The second-order valence-corrected chi connectivity index (χ2v) is 4.45. The third-order valence-corrected chi connectivity index (χ3v) is 3.54. The Balaban J connectivity index is 2.06. The van der Waals surface area contributed by atoms with Crippen molar-refractivity contribution in [3.63, 3.8) is 0 Å². The maximum atomic E-state index is 11.0. The molecule has 78 valence electrons. The topological polar surface area (TPSA) is 26.3 Å². The largest absolute Gasteiger partial charge is 0.370 e. The molecule has 1 unspecified atom stereocenters. The molecule has 2 heterocycles. The highest BCUT2D eigenvalue weighted by molar-refractivity contribution is 5.57. The Labute approximate surface area is 89.2 Å². The quantitative estimate of drug-likeness (QED) is 0.653. The first-order valence-electron chi connectivity index (χ1n) is 5.57. The van der Waals surface area contributed by atoms with E-state index >= 15 is 0 Å². The molecule has 3 atom stereocenters. The van der Waals surface area contributed by atoms with E-state index in [-0.39, 0.29) is 18.1 Å². The van der Waals surface area contributed by atoms with Gasteiger partial charge in [-0.15, -0.1) is 0 Å². The lowest BCUT2D eigenvalue weighted by Crippen LogP contribution is -2.11. The van der Waals surface area contributed by atoms with Crippen molar-refractivity contribution in [1.82, 2.24) is 0 Å². The molecule has 0 saturated carbocycles. The first-order chi connectivity index (χ1) is 7.38. The van der Waals surface area contributed by atoms with Crippen LogP contribution in [0.5, 0.6) is 0 Å². The Morgan fingerprint density at radius 2 is 2.20 bits per heavy atom. The molecule has 1 aromatic rings. The van der Waals surface area contributed by atoms with Gasteiger partial charge in [0.1, 0.15) is 6.29 Å². The van der Waals surface area contributed by atoms with Crippen molar-refractivity contribution < 1.29 is 9.53 Å². The minimum absolute atomic E-state index is 0.0196. The molecule has 0 aliphatic carbocycles. The Morgan fingerprint density at radius 3 is 3.07 bits per heavy atom. The molecule has 1 fully saturated rings. The lowest BCUT2D eigenvalue weighted by molar-refractivity contribution is -0.112. The molecule has 0 N–H and O–H groups in total. The smallest absolute Gasteiger partial charge is 0.126 e. The molecule has 1 aromatic carbocycles. The number of hydrogen-bond donors (Lipinski definition) is 0. The highest BCUT2D eigenvalue weighted by Crippen LogP contribution is 2.42. The van der Waals surface area contributed by atoms with Crippen molar-refractivity contribution >= 4 is 6.29 Å². The number of ether oxygens (including phenoxy) is 1. The first-order valence-corrected chi connectivity index (χ1v) is 5.57. The van der Waals surface area contributed by atoms with Gasteiger partial charge in [-0.25, -0.2) is 0 Å². The van der Waals surface area contributed by atoms with Gasteiger partial charge in [-0.2, -0.15) is 0 Å². The van der Waals surface area contributed by atoms with Crippen molar-refractivity contribution in [1.29, 1.82) is 0 Å². The minimum Gasteiger partial charge on any atom is -0.370 e. The molecule has 1 saturated heterocycles. The Hall–Kier alpha value is -1.15. The number of aryl methyl sites for hydroxylation is 1. The van der Waals surface area contributed by atoms with Gasteiger partial charge in [-0.3, -0.25) is 0 Å². The number of rotatable bonds is 1. The van der Waals surface area contributed by atoms with Gasteiger partial charge in [-0.05, 0) is 30.4 Å². The van der Waals surface area contributed by atoms with E-state index in [4.69, 9.17) is 4.74 Å². The zero-order valence-electron chi connectivity index (χ0n) is 8.56. The van der Waals surface area contributed by atoms with E-state index in [1.54, 1.807) is 0 Å². The molecule has 0 aromatic heterocycles. The van der Waals surface area contributed by atoms with Crippen molar-refractivity contribution in [2.45, 2.75) is 31.5 Å². The summed E-state index contributed by atoms with van der Waals surface area (Å²) in [5.74, 6) is 0.0662. The average Bonchev–Trinajstić information content (AvgIpc) is 2.59. The average molecular weight is 202 g/mol. The summed E-state index contributed by atoms with van der Waals surface area (Å²) in [6.45, 7) is 0. The molecule has 3 rings (SSSR count). The maximum absolute atomic E-state index is 11.0. The highest BCUT2D eigenvalue weighted by Gasteiger charge is 2.38. The van der Waals surface area contributed by atoms with Gasteiger partial charge in [0.25, 0.3) is 0 Å². The number of carbonyl (C=O) groups excluding carboxylic acids is 1. The van der Waals surface area contributed by atoms with E-state index in [1.807, 2.05) is 6.07 Å². The van der Waals surface area contributed by atoms with Crippen LogP contribution in [0.3, 0.4) is 0 Å². The summed E-state index contributed by atoms with van der Waals surface area (Å²) in [6.07, 6.45) is 4.42. The monoisotopic (exact) mass is 202 g/mol. The van der Waals surface area contributed by atoms with Gasteiger partial charge >= 0.3 is 0 Å². The van der Waals surface area contributed by atoms with Gasteiger partial charge in [0.05, 0.1) is 12.2 Å². The Kier molecular flexibility index (Phi) is 2.10. The molecule has 2 aliphatic heterocycles. The normalized spacial score (nSPS) is 33.2. The number of hydrogen-bond acceptors (Lipinski definition) is 2. The van der Waals surface area contributed by atoms with E-state index < -0.39 is 0 Å². The Bertz CT molecular complexity index is 386. The van der Waals surface area contributed by atoms with Crippen molar-refractivity contribution in [2.24, 2.45) is 5.92 Å². The van der Waals surface area contributed by atoms with Crippen molar-refractivity contribution in [3.05, 3.63) is 35.4 Å². The van der Waals surface area contributed by atoms with Crippen LogP contribution in [-0.4, -0.2) is 12.4 Å². The lowest BCUT2D eigenvalue weighted by atomic mass is 9.87. The summed E-state index contributed by atoms with van der Waals surface area (Å²) in [4.78, 5) is 11.0. The van der Waals surface area contributed by atoms with Crippen LogP contribution in [0.25, 0.3) is 0 Å². The van der Waals surface area contributed by atoms with Gasteiger partial charge in [0.15, 0.2) is 0 Å². The highest BCUT2D eigenvalue weighted by atomic mass is 16.5. The second kappa shape index (κ2) is 3.46. The van der Waals surface area contributed by atoms with Gasteiger partial charge < -0.3 is 9.53 Å². The number of fused-ring (bicyclic) bond motifs is 4. The summed E-state index contributed by atoms with van der Waals surface area (Å²) in [5, 5.41) is 0. The molecule has 2 aliphatic rings. The van der Waals surface area contributed by atoms with Crippen LogP contribution in [0.2, 0.25) is 0 Å². The summed E-state index contributed by atoms with van der Waals surface area (Å²) >= 11 is 0. The van der Waals surface area contributed by atoms with Crippen molar-refractivity contribution in [3.8, 4) is 0 Å². The van der Waals surface area contributed by atoms with E-state index in [0.29, 0.717) is 0 Å². The van der Waals surface area contributed by atoms with Crippen LogP contribution in [0.1, 0.15) is 30.1 Å². The van der Waals surface area contributed by atoms with Gasteiger partial charge in [0, 0.05) is 5.92 Å².